The van der Waals surface area contributed by atoms with Gasteiger partial charge in [0.2, 0.25) is 0 Å². The lowest BCUT2D eigenvalue weighted by Crippen LogP contribution is -2.28. The fourth-order valence-electron chi connectivity index (χ4n) is 4.60. The summed E-state index contributed by atoms with van der Waals surface area (Å²) in [4.78, 5) is 24.1. The first kappa shape index (κ1) is 38.4. The molecule has 1 atom stereocenters. The molecular weight excluding hydrogens is 500 g/mol. The Morgan fingerprint density at radius 1 is 0.550 bits per heavy atom. The maximum atomic E-state index is 12.1. The van der Waals surface area contributed by atoms with Crippen molar-refractivity contribution in [3.63, 3.8) is 0 Å². The molecule has 0 heterocycles. The Morgan fingerprint density at radius 2 is 0.925 bits per heavy atom. The van der Waals surface area contributed by atoms with Gasteiger partial charge in [0.15, 0.2) is 6.10 Å². The topological polar surface area (TPSA) is 72.8 Å². The van der Waals surface area contributed by atoms with E-state index in [1.807, 2.05) is 0 Å². The zero-order chi connectivity index (χ0) is 29.4. The first-order valence-electron chi connectivity index (χ1n) is 16.9. The third kappa shape index (κ3) is 29.4. The first-order chi connectivity index (χ1) is 19.6. The van der Waals surface area contributed by atoms with Gasteiger partial charge in [-0.05, 0) is 64.2 Å². The average molecular weight is 565 g/mol. The van der Waals surface area contributed by atoms with Crippen molar-refractivity contribution < 1.29 is 24.2 Å². The van der Waals surface area contributed by atoms with Gasteiger partial charge in [-0.1, -0.05) is 115 Å². The van der Waals surface area contributed by atoms with Gasteiger partial charge in [-0.2, -0.15) is 0 Å². The molecule has 0 bridgehead atoms. The molecule has 0 spiro atoms. The summed E-state index contributed by atoms with van der Waals surface area (Å²) in [6.07, 6.45) is 35.1. The van der Waals surface area contributed by atoms with Crippen molar-refractivity contribution in [2.45, 2.75) is 174 Å². The van der Waals surface area contributed by atoms with Crippen LogP contribution in [0.2, 0.25) is 0 Å². The van der Waals surface area contributed by atoms with Gasteiger partial charge in [0, 0.05) is 12.8 Å². The van der Waals surface area contributed by atoms with Gasteiger partial charge < -0.3 is 14.6 Å². The molecule has 0 aromatic rings. The fraction of sp³-hybridized carbons (Fsp3) is 0.829. The number of hydrogen-bond donors (Lipinski definition) is 1. The Morgan fingerprint density at radius 3 is 1.40 bits per heavy atom. The molecule has 0 aromatic carbocycles. The molecule has 0 aliphatic carbocycles. The summed E-state index contributed by atoms with van der Waals surface area (Å²) >= 11 is 0. The molecule has 0 saturated heterocycles. The zero-order valence-corrected chi connectivity index (χ0v) is 26.4. The third-order valence-electron chi connectivity index (χ3n) is 7.22. The standard InChI is InChI=1S/C35H64O5/c1-3-5-7-9-11-13-15-17-18-20-21-23-25-27-29-34(37)39-32-33(31-36)40-35(38)30-28-26-24-22-19-16-14-12-10-8-6-4-2/h12,14-15,17,33,36H,3-11,13,16,18-32H2,1-2H3/b14-12+,17-15+/t33-/m0/s1. The minimum atomic E-state index is -0.773. The van der Waals surface area contributed by atoms with Crippen molar-refractivity contribution in [1.82, 2.24) is 0 Å². The van der Waals surface area contributed by atoms with Crippen LogP contribution in [0.5, 0.6) is 0 Å². The summed E-state index contributed by atoms with van der Waals surface area (Å²) in [6.45, 7) is 4.07. The molecule has 234 valence electrons. The largest absolute Gasteiger partial charge is 0.462 e. The maximum Gasteiger partial charge on any atom is 0.306 e. The average Bonchev–Trinajstić information content (AvgIpc) is 2.96. The van der Waals surface area contributed by atoms with Crippen molar-refractivity contribution in [2.75, 3.05) is 13.2 Å². The highest BCUT2D eigenvalue weighted by molar-refractivity contribution is 5.70. The molecule has 1 N–H and O–H groups in total. The number of hydrogen-bond acceptors (Lipinski definition) is 5. The van der Waals surface area contributed by atoms with Crippen LogP contribution in [0.4, 0.5) is 0 Å². The van der Waals surface area contributed by atoms with Crippen LogP contribution in [0, 0.1) is 0 Å². The number of esters is 2. The van der Waals surface area contributed by atoms with E-state index in [1.165, 1.54) is 89.9 Å². The molecule has 0 unspecified atom stereocenters. The molecular formula is C35H64O5. The summed E-state index contributed by atoms with van der Waals surface area (Å²) in [5, 5.41) is 9.49. The molecule has 0 rings (SSSR count). The van der Waals surface area contributed by atoms with Crippen molar-refractivity contribution in [3.8, 4) is 0 Å². The molecule has 0 aliphatic rings. The van der Waals surface area contributed by atoms with Crippen LogP contribution < -0.4 is 0 Å². The van der Waals surface area contributed by atoms with Gasteiger partial charge in [0.05, 0.1) is 6.61 Å². The SMILES string of the molecule is CCCCC/C=C/CCCCCCCC(=O)O[C@@H](CO)COC(=O)CCCCCCC/C=C/CCCCCCC. The lowest BCUT2D eigenvalue weighted by atomic mass is 10.1. The Bertz CT molecular complexity index is 613. The summed E-state index contributed by atoms with van der Waals surface area (Å²) in [5.41, 5.74) is 0. The number of carbonyl (C=O) groups is 2. The van der Waals surface area contributed by atoms with Gasteiger partial charge in [-0.3, -0.25) is 9.59 Å². The summed E-state index contributed by atoms with van der Waals surface area (Å²) < 4.78 is 10.5. The molecule has 0 aliphatic heterocycles. The van der Waals surface area contributed by atoms with Crippen molar-refractivity contribution in [1.29, 1.82) is 0 Å². The van der Waals surface area contributed by atoms with E-state index in [0.29, 0.717) is 12.8 Å². The van der Waals surface area contributed by atoms with E-state index < -0.39 is 6.10 Å². The lowest BCUT2D eigenvalue weighted by molar-refractivity contribution is -0.161. The maximum absolute atomic E-state index is 12.1. The number of ether oxygens (including phenoxy) is 2. The van der Waals surface area contributed by atoms with E-state index in [2.05, 4.69) is 38.2 Å². The van der Waals surface area contributed by atoms with Crippen LogP contribution in [-0.2, 0) is 19.1 Å². The van der Waals surface area contributed by atoms with Crippen molar-refractivity contribution in [2.24, 2.45) is 0 Å². The summed E-state index contributed by atoms with van der Waals surface area (Å²) in [7, 11) is 0. The van der Waals surface area contributed by atoms with Gasteiger partial charge in [0.1, 0.15) is 6.61 Å². The highest BCUT2D eigenvalue weighted by atomic mass is 16.6. The molecule has 0 saturated carbocycles. The molecule has 5 nitrogen and oxygen atoms in total. The van der Waals surface area contributed by atoms with Crippen LogP contribution in [0.1, 0.15) is 168 Å². The predicted octanol–water partition coefficient (Wildman–Crippen LogP) is 9.95. The second kappa shape index (κ2) is 31.9. The molecule has 0 amide bonds. The van der Waals surface area contributed by atoms with E-state index in [9.17, 15) is 14.7 Å². The van der Waals surface area contributed by atoms with E-state index in [-0.39, 0.29) is 25.2 Å². The number of aliphatic hydroxyl groups excluding tert-OH is 1. The second-order valence-corrected chi connectivity index (χ2v) is 11.2. The van der Waals surface area contributed by atoms with Crippen molar-refractivity contribution in [3.05, 3.63) is 24.3 Å². The highest BCUT2D eigenvalue weighted by Gasteiger charge is 2.16. The van der Waals surface area contributed by atoms with E-state index >= 15 is 0 Å². The molecule has 40 heavy (non-hydrogen) atoms. The van der Waals surface area contributed by atoms with Gasteiger partial charge in [0.25, 0.3) is 0 Å². The molecule has 5 heteroatoms. The van der Waals surface area contributed by atoms with Crippen LogP contribution in [0.25, 0.3) is 0 Å². The third-order valence-corrected chi connectivity index (χ3v) is 7.22. The normalized spacial score (nSPS) is 12.4. The highest BCUT2D eigenvalue weighted by Crippen LogP contribution is 2.12. The zero-order valence-electron chi connectivity index (χ0n) is 26.4. The van der Waals surface area contributed by atoms with Crippen LogP contribution in [0.15, 0.2) is 24.3 Å². The molecule has 0 fully saturated rings. The van der Waals surface area contributed by atoms with Crippen LogP contribution in [-0.4, -0.2) is 36.4 Å². The lowest BCUT2D eigenvalue weighted by Gasteiger charge is -2.15. The van der Waals surface area contributed by atoms with E-state index in [0.717, 1.165) is 51.4 Å². The van der Waals surface area contributed by atoms with Crippen LogP contribution >= 0.6 is 0 Å². The molecule has 0 aromatic heterocycles. The van der Waals surface area contributed by atoms with Gasteiger partial charge in [-0.15, -0.1) is 0 Å². The number of allylic oxidation sites excluding steroid dienone is 4. The van der Waals surface area contributed by atoms with E-state index in [4.69, 9.17) is 9.47 Å². The number of rotatable bonds is 30. The first-order valence-corrected chi connectivity index (χ1v) is 16.9. The van der Waals surface area contributed by atoms with Gasteiger partial charge in [-0.25, -0.2) is 0 Å². The minimum Gasteiger partial charge on any atom is -0.462 e. The minimum absolute atomic E-state index is 0.0715. The Balaban J connectivity index is 3.60. The smallest absolute Gasteiger partial charge is 0.306 e. The quantitative estimate of drug-likeness (QED) is 0.0534. The van der Waals surface area contributed by atoms with Gasteiger partial charge >= 0.3 is 11.9 Å². The van der Waals surface area contributed by atoms with E-state index in [1.54, 1.807) is 0 Å². The Hall–Kier alpha value is -1.62. The number of unbranched alkanes of at least 4 members (excludes halogenated alkanes) is 18. The second-order valence-electron chi connectivity index (χ2n) is 11.2. The monoisotopic (exact) mass is 564 g/mol. The van der Waals surface area contributed by atoms with Crippen molar-refractivity contribution >= 4 is 11.9 Å². The molecule has 0 radical (unpaired) electrons. The number of carbonyl (C=O) groups excluding carboxylic acids is 2. The van der Waals surface area contributed by atoms with Crippen LogP contribution in [0.3, 0.4) is 0 Å². The summed E-state index contributed by atoms with van der Waals surface area (Å²) in [5.74, 6) is -0.612. The Kier molecular flexibility index (Phi) is 30.6. The fourth-order valence-corrected chi connectivity index (χ4v) is 4.60. The Labute approximate surface area is 247 Å². The summed E-state index contributed by atoms with van der Waals surface area (Å²) in [6, 6.07) is 0. The number of aliphatic hydroxyl groups is 1. The predicted molar refractivity (Wildman–Crippen MR) is 168 cm³/mol.